The average Bonchev–Trinajstić information content (AvgIpc) is 2.73. The third-order valence-electron chi connectivity index (χ3n) is 4.19. The Morgan fingerprint density at radius 3 is 2.68 bits per heavy atom. The van der Waals surface area contributed by atoms with Gasteiger partial charge in [-0.2, -0.15) is 4.98 Å². The Balaban J connectivity index is 1.71. The fraction of sp³-hybridized carbons (Fsp3) is 0.238. The number of hydrogen-bond acceptors (Lipinski definition) is 7. The standard InChI is InChI=1S/C21H23N5O2/c1-3-28-20(27)17-6-4-5-7-18(17)24-21-23-14-10-19(25-21)26(2)15-11-16-8-12-22-13-9-16/h4-10,12-14H,3,11,15H2,1-2H3,(H,23,24,25). The lowest BCUT2D eigenvalue weighted by atomic mass is 10.2. The highest BCUT2D eigenvalue weighted by molar-refractivity contribution is 5.96. The average molecular weight is 377 g/mol. The maximum Gasteiger partial charge on any atom is 0.340 e. The number of para-hydroxylation sites is 1. The van der Waals surface area contributed by atoms with E-state index < -0.39 is 0 Å². The molecule has 144 valence electrons. The van der Waals surface area contributed by atoms with Crippen LogP contribution in [0.4, 0.5) is 17.5 Å². The fourth-order valence-electron chi connectivity index (χ4n) is 2.68. The molecule has 3 rings (SSSR count). The van der Waals surface area contributed by atoms with Crippen LogP contribution in [0, 0.1) is 0 Å². The molecule has 0 saturated carbocycles. The van der Waals surface area contributed by atoms with Crippen molar-refractivity contribution < 1.29 is 9.53 Å². The molecule has 0 bridgehead atoms. The monoisotopic (exact) mass is 377 g/mol. The van der Waals surface area contributed by atoms with E-state index in [-0.39, 0.29) is 5.97 Å². The Morgan fingerprint density at radius 2 is 1.89 bits per heavy atom. The Hall–Kier alpha value is -3.48. The van der Waals surface area contributed by atoms with E-state index in [1.165, 1.54) is 5.56 Å². The number of likely N-dealkylation sites (N-methyl/N-ethyl adjacent to an activating group) is 1. The number of nitrogens with zero attached hydrogens (tertiary/aromatic N) is 4. The van der Waals surface area contributed by atoms with E-state index in [2.05, 4.69) is 25.2 Å². The van der Waals surface area contributed by atoms with Crippen molar-refractivity contribution in [2.45, 2.75) is 13.3 Å². The minimum absolute atomic E-state index is 0.321. The molecule has 2 heterocycles. The minimum atomic E-state index is -0.378. The van der Waals surface area contributed by atoms with Crippen LogP contribution in [0.2, 0.25) is 0 Å². The van der Waals surface area contributed by atoms with Gasteiger partial charge in [-0.05, 0) is 49.2 Å². The summed E-state index contributed by atoms with van der Waals surface area (Å²) in [5.41, 5.74) is 2.28. The number of rotatable bonds is 8. The van der Waals surface area contributed by atoms with Crippen molar-refractivity contribution in [1.29, 1.82) is 0 Å². The van der Waals surface area contributed by atoms with Crippen LogP contribution in [0.5, 0.6) is 0 Å². The van der Waals surface area contributed by atoms with Crippen LogP contribution in [-0.2, 0) is 11.2 Å². The zero-order valence-corrected chi connectivity index (χ0v) is 16.0. The third kappa shape index (κ3) is 5.03. The molecule has 0 amide bonds. The number of benzene rings is 1. The van der Waals surface area contributed by atoms with E-state index in [4.69, 9.17) is 4.74 Å². The van der Waals surface area contributed by atoms with E-state index in [1.807, 2.05) is 31.3 Å². The number of nitrogens with one attached hydrogen (secondary N) is 1. The smallest absolute Gasteiger partial charge is 0.340 e. The summed E-state index contributed by atoms with van der Waals surface area (Å²) in [5.74, 6) is 0.835. The molecule has 1 N–H and O–H groups in total. The topological polar surface area (TPSA) is 80.2 Å². The lowest BCUT2D eigenvalue weighted by Gasteiger charge is -2.19. The number of carbonyl (C=O) groups excluding carboxylic acids is 1. The SMILES string of the molecule is CCOC(=O)c1ccccc1Nc1nccc(N(C)CCc2ccncc2)n1. The van der Waals surface area contributed by atoms with Gasteiger partial charge >= 0.3 is 5.97 Å². The van der Waals surface area contributed by atoms with Gasteiger partial charge in [0.2, 0.25) is 5.95 Å². The lowest BCUT2D eigenvalue weighted by Crippen LogP contribution is -2.21. The number of pyridine rings is 1. The summed E-state index contributed by atoms with van der Waals surface area (Å²) in [6.07, 6.45) is 6.17. The Kier molecular flexibility index (Phi) is 6.51. The van der Waals surface area contributed by atoms with Crippen molar-refractivity contribution in [1.82, 2.24) is 15.0 Å². The molecule has 0 aliphatic carbocycles. The maximum atomic E-state index is 12.1. The fourth-order valence-corrected chi connectivity index (χ4v) is 2.68. The lowest BCUT2D eigenvalue weighted by molar-refractivity contribution is 0.0527. The first-order valence-corrected chi connectivity index (χ1v) is 9.13. The molecule has 0 radical (unpaired) electrons. The third-order valence-corrected chi connectivity index (χ3v) is 4.19. The Morgan fingerprint density at radius 1 is 1.11 bits per heavy atom. The summed E-state index contributed by atoms with van der Waals surface area (Å²) in [6.45, 7) is 2.91. The predicted octanol–water partition coefficient (Wildman–Crippen LogP) is 3.47. The molecule has 0 unspecified atom stereocenters. The second-order valence-corrected chi connectivity index (χ2v) is 6.16. The molecular formula is C21H23N5O2. The van der Waals surface area contributed by atoms with Crippen LogP contribution in [-0.4, -0.2) is 41.1 Å². The van der Waals surface area contributed by atoms with Crippen LogP contribution < -0.4 is 10.2 Å². The highest BCUT2D eigenvalue weighted by Gasteiger charge is 2.13. The van der Waals surface area contributed by atoms with Crippen LogP contribution in [0.1, 0.15) is 22.8 Å². The van der Waals surface area contributed by atoms with E-state index in [9.17, 15) is 4.79 Å². The van der Waals surface area contributed by atoms with Gasteiger partial charge in [-0.15, -0.1) is 0 Å². The van der Waals surface area contributed by atoms with Gasteiger partial charge in [-0.25, -0.2) is 9.78 Å². The summed E-state index contributed by atoms with van der Waals surface area (Å²) in [5, 5.41) is 3.12. The first-order chi connectivity index (χ1) is 13.7. The molecule has 0 aliphatic rings. The van der Waals surface area contributed by atoms with Gasteiger partial charge < -0.3 is 15.0 Å². The normalized spacial score (nSPS) is 10.4. The summed E-state index contributed by atoms with van der Waals surface area (Å²) in [4.78, 5) is 27.1. The van der Waals surface area contributed by atoms with Crippen LogP contribution in [0.15, 0.2) is 61.1 Å². The number of aromatic nitrogens is 3. The molecule has 0 saturated heterocycles. The van der Waals surface area contributed by atoms with Gasteiger partial charge in [0.25, 0.3) is 0 Å². The van der Waals surface area contributed by atoms with E-state index >= 15 is 0 Å². The first-order valence-electron chi connectivity index (χ1n) is 9.13. The summed E-state index contributed by atoms with van der Waals surface area (Å²) < 4.78 is 5.11. The molecule has 0 aliphatic heterocycles. The van der Waals surface area contributed by atoms with Crippen LogP contribution in [0.3, 0.4) is 0 Å². The van der Waals surface area contributed by atoms with Crippen LogP contribution >= 0.6 is 0 Å². The van der Waals surface area contributed by atoms with Crippen molar-refractivity contribution in [3.8, 4) is 0 Å². The van der Waals surface area contributed by atoms with Gasteiger partial charge in [-0.3, -0.25) is 4.98 Å². The molecule has 0 spiro atoms. The highest BCUT2D eigenvalue weighted by Crippen LogP contribution is 2.21. The molecule has 1 aromatic carbocycles. The van der Waals surface area contributed by atoms with Gasteiger partial charge in [-0.1, -0.05) is 12.1 Å². The molecule has 0 atom stereocenters. The van der Waals surface area contributed by atoms with Crippen molar-refractivity contribution in [2.75, 3.05) is 30.4 Å². The van der Waals surface area contributed by atoms with Crippen LogP contribution in [0.25, 0.3) is 0 Å². The number of ether oxygens (including phenoxy) is 1. The van der Waals surface area contributed by atoms with Gasteiger partial charge in [0.15, 0.2) is 0 Å². The Labute approximate surface area is 164 Å². The van der Waals surface area contributed by atoms with E-state index in [1.54, 1.807) is 43.7 Å². The molecule has 7 nitrogen and oxygen atoms in total. The molecule has 7 heteroatoms. The predicted molar refractivity (Wildman–Crippen MR) is 109 cm³/mol. The molecule has 0 fully saturated rings. The molecule has 2 aromatic heterocycles. The number of hydrogen-bond donors (Lipinski definition) is 1. The zero-order valence-electron chi connectivity index (χ0n) is 16.0. The molecule has 28 heavy (non-hydrogen) atoms. The summed E-state index contributed by atoms with van der Waals surface area (Å²) in [6, 6.07) is 13.0. The van der Waals surface area contributed by atoms with Crippen molar-refractivity contribution >= 4 is 23.4 Å². The van der Waals surface area contributed by atoms with Gasteiger partial charge in [0.1, 0.15) is 5.82 Å². The number of carbonyl (C=O) groups is 1. The second-order valence-electron chi connectivity index (χ2n) is 6.16. The van der Waals surface area contributed by atoms with Crippen molar-refractivity contribution in [3.05, 3.63) is 72.2 Å². The second kappa shape index (κ2) is 9.45. The largest absolute Gasteiger partial charge is 0.462 e. The Bertz CT molecular complexity index is 917. The van der Waals surface area contributed by atoms with E-state index in [0.29, 0.717) is 23.8 Å². The molecular weight excluding hydrogens is 354 g/mol. The zero-order chi connectivity index (χ0) is 19.8. The number of anilines is 3. The van der Waals surface area contributed by atoms with Crippen molar-refractivity contribution in [3.63, 3.8) is 0 Å². The summed E-state index contributed by atoms with van der Waals surface area (Å²) >= 11 is 0. The van der Waals surface area contributed by atoms with E-state index in [0.717, 1.165) is 18.8 Å². The van der Waals surface area contributed by atoms with Crippen molar-refractivity contribution in [2.24, 2.45) is 0 Å². The van der Waals surface area contributed by atoms with Gasteiger partial charge in [0, 0.05) is 32.2 Å². The van der Waals surface area contributed by atoms with Gasteiger partial charge in [0.05, 0.1) is 17.9 Å². The first kappa shape index (κ1) is 19.3. The summed E-state index contributed by atoms with van der Waals surface area (Å²) in [7, 11) is 1.99. The maximum absolute atomic E-state index is 12.1. The number of esters is 1. The highest BCUT2D eigenvalue weighted by atomic mass is 16.5. The molecule has 3 aromatic rings. The minimum Gasteiger partial charge on any atom is -0.462 e. The quantitative estimate of drug-likeness (QED) is 0.602.